The zero-order valence-electron chi connectivity index (χ0n) is 10.6. The van der Waals surface area contributed by atoms with E-state index in [2.05, 4.69) is 21.2 Å². The predicted molar refractivity (Wildman–Crippen MR) is 79.7 cm³/mol. The van der Waals surface area contributed by atoms with E-state index in [1.807, 2.05) is 0 Å². The van der Waals surface area contributed by atoms with Crippen molar-refractivity contribution >= 4 is 33.4 Å². The van der Waals surface area contributed by atoms with Gasteiger partial charge in [-0.05, 0) is 47.0 Å². The molecule has 19 heavy (non-hydrogen) atoms. The second-order valence-corrected chi connectivity index (χ2v) is 5.92. The molecule has 0 radical (unpaired) electrons. The molecule has 1 saturated carbocycles. The van der Waals surface area contributed by atoms with E-state index in [-0.39, 0.29) is 5.91 Å². The Morgan fingerprint density at radius 3 is 2.84 bits per heavy atom. The van der Waals surface area contributed by atoms with Crippen molar-refractivity contribution in [1.29, 1.82) is 0 Å². The van der Waals surface area contributed by atoms with Gasteiger partial charge in [0.25, 0.3) is 5.91 Å². The lowest BCUT2D eigenvalue weighted by Crippen LogP contribution is -2.28. The molecule has 104 valence electrons. The van der Waals surface area contributed by atoms with Gasteiger partial charge in [0.1, 0.15) is 0 Å². The number of rotatable bonds is 5. The first-order valence-electron chi connectivity index (χ1n) is 6.51. The lowest BCUT2D eigenvalue weighted by molar-refractivity contribution is 0.0582. The highest BCUT2D eigenvalue weighted by molar-refractivity contribution is 9.10. The van der Waals surface area contributed by atoms with E-state index in [0.29, 0.717) is 29.8 Å². The topological polar surface area (TPSA) is 38.3 Å². The summed E-state index contributed by atoms with van der Waals surface area (Å²) in [5.41, 5.74) is 0.595. The summed E-state index contributed by atoms with van der Waals surface area (Å²) in [6.07, 6.45) is 5.21. The van der Waals surface area contributed by atoms with Gasteiger partial charge in [-0.1, -0.05) is 24.4 Å². The van der Waals surface area contributed by atoms with Crippen molar-refractivity contribution in [3.8, 4) is 0 Å². The van der Waals surface area contributed by atoms with Crippen LogP contribution in [0.1, 0.15) is 36.0 Å². The third-order valence-electron chi connectivity index (χ3n) is 3.23. The first-order valence-corrected chi connectivity index (χ1v) is 7.69. The number of halogens is 2. The fourth-order valence-electron chi connectivity index (χ4n) is 2.18. The summed E-state index contributed by atoms with van der Waals surface area (Å²) >= 11 is 9.19. The average Bonchev–Trinajstić information content (AvgIpc) is 2.91. The first kappa shape index (κ1) is 14.8. The molecule has 1 N–H and O–H groups in total. The Labute approximate surface area is 126 Å². The number of benzene rings is 1. The molecule has 0 atom stereocenters. The Morgan fingerprint density at radius 1 is 1.42 bits per heavy atom. The quantitative estimate of drug-likeness (QED) is 0.824. The van der Waals surface area contributed by atoms with Crippen LogP contribution in [0.25, 0.3) is 0 Å². The van der Waals surface area contributed by atoms with Crippen LogP contribution >= 0.6 is 27.5 Å². The van der Waals surface area contributed by atoms with E-state index in [1.165, 1.54) is 12.8 Å². The van der Waals surface area contributed by atoms with Gasteiger partial charge in [-0.25, -0.2) is 0 Å². The molecule has 0 saturated heterocycles. The van der Waals surface area contributed by atoms with Crippen molar-refractivity contribution in [3.63, 3.8) is 0 Å². The SMILES string of the molecule is O=C(NCCOC1CCCC1)c1ccc(Cl)c(Br)c1. The fourth-order valence-corrected chi connectivity index (χ4v) is 2.68. The molecule has 0 aliphatic heterocycles. The summed E-state index contributed by atoms with van der Waals surface area (Å²) in [6.45, 7) is 1.11. The highest BCUT2D eigenvalue weighted by Gasteiger charge is 2.15. The summed E-state index contributed by atoms with van der Waals surface area (Å²) in [5.74, 6) is -0.104. The molecular formula is C14H17BrClNO2. The summed E-state index contributed by atoms with van der Waals surface area (Å²) < 4.78 is 6.41. The van der Waals surface area contributed by atoms with Crippen LogP contribution < -0.4 is 5.32 Å². The van der Waals surface area contributed by atoms with Gasteiger partial charge in [0.05, 0.1) is 17.7 Å². The molecule has 0 unspecified atom stereocenters. The van der Waals surface area contributed by atoms with Crippen LogP contribution in [0.15, 0.2) is 22.7 Å². The molecule has 1 amide bonds. The Balaban J connectivity index is 1.72. The largest absolute Gasteiger partial charge is 0.376 e. The monoisotopic (exact) mass is 345 g/mol. The molecule has 1 fully saturated rings. The van der Waals surface area contributed by atoms with Gasteiger partial charge < -0.3 is 10.1 Å². The van der Waals surface area contributed by atoms with Crippen molar-refractivity contribution in [3.05, 3.63) is 33.3 Å². The van der Waals surface area contributed by atoms with Crippen LogP contribution in [0.3, 0.4) is 0 Å². The average molecular weight is 347 g/mol. The number of hydrogen-bond acceptors (Lipinski definition) is 2. The molecule has 0 bridgehead atoms. The Morgan fingerprint density at radius 2 is 2.16 bits per heavy atom. The fraction of sp³-hybridized carbons (Fsp3) is 0.500. The van der Waals surface area contributed by atoms with Crippen LogP contribution in [0, 0.1) is 0 Å². The maximum Gasteiger partial charge on any atom is 0.251 e. The normalized spacial score (nSPS) is 15.7. The Kier molecular flexibility index (Phi) is 5.67. The van der Waals surface area contributed by atoms with E-state index in [4.69, 9.17) is 16.3 Å². The number of amides is 1. The van der Waals surface area contributed by atoms with Crippen molar-refractivity contribution in [2.75, 3.05) is 13.2 Å². The highest BCUT2D eigenvalue weighted by Crippen LogP contribution is 2.23. The molecule has 5 heteroatoms. The van der Waals surface area contributed by atoms with Crippen molar-refractivity contribution in [1.82, 2.24) is 5.32 Å². The van der Waals surface area contributed by atoms with Gasteiger partial charge in [0.2, 0.25) is 0 Å². The number of nitrogens with one attached hydrogen (secondary N) is 1. The molecule has 1 aliphatic carbocycles. The Bertz CT molecular complexity index is 447. The molecule has 0 aromatic heterocycles. The number of hydrogen-bond donors (Lipinski definition) is 1. The summed E-state index contributed by atoms with van der Waals surface area (Å²) in [4.78, 5) is 11.9. The molecule has 0 spiro atoms. The van der Waals surface area contributed by atoms with E-state index in [9.17, 15) is 4.79 Å². The highest BCUT2D eigenvalue weighted by atomic mass is 79.9. The molecular weight excluding hydrogens is 330 g/mol. The van der Waals surface area contributed by atoms with E-state index in [1.54, 1.807) is 18.2 Å². The number of ether oxygens (including phenoxy) is 1. The smallest absolute Gasteiger partial charge is 0.251 e. The number of carbonyl (C=O) groups is 1. The molecule has 1 aromatic carbocycles. The Hall–Kier alpha value is -0.580. The maximum absolute atomic E-state index is 11.9. The second kappa shape index (κ2) is 7.27. The lowest BCUT2D eigenvalue weighted by atomic mass is 10.2. The molecule has 3 nitrogen and oxygen atoms in total. The van der Waals surface area contributed by atoms with Gasteiger partial charge >= 0.3 is 0 Å². The predicted octanol–water partition coefficient (Wildman–Crippen LogP) is 3.79. The van der Waals surface area contributed by atoms with Gasteiger partial charge in [-0.15, -0.1) is 0 Å². The maximum atomic E-state index is 11.9. The lowest BCUT2D eigenvalue weighted by Gasteiger charge is -2.11. The molecule has 1 aromatic rings. The second-order valence-electron chi connectivity index (χ2n) is 4.66. The summed E-state index contributed by atoms with van der Waals surface area (Å²) in [6, 6.07) is 5.13. The van der Waals surface area contributed by atoms with Gasteiger partial charge in [0, 0.05) is 16.6 Å². The molecule has 1 aliphatic rings. The summed E-state index contributed by atoms with van der Waals surface area (Å²) in [7, 11) is 0. The van der Waals surface area contributed by atoms with Crippen LogP contribution in [0.2, 0.25) is 5.02 Å². The molecule has 2 rings (SSSR count). The van der Waals surface area contributed by atoms with E-state index < -0.39 is 0 Å². The van der Waals surface area contributed by atoms with Crippen molar-refractivity contribution in [2.45, 2.75) is 31.8 Å². The first-order chi connectivity index (χ1) is 9.16. The minimum absolute atomic E-state index is 0.104. The third kappa shape index (κ3) is 4.48. The standard InChI is InChI=1S/C14H17BrClNO2/c15-12-9-10(5-6-13(12)16)14(18)17-7-8-19-11-3-1-2-4-11/h5-6,9,11H,1-4,7-8H2,(H,17,18). The summed E-state index contributed by atoms with van der Waals surface area (Å²) in [5, 5.41) is 3.44. The zero-order chi connectivity index (χ0) is 13.7. The number of carbonyl (C=O) groups excluding carboxylic acids is 1. The van der Waals surface area contributed by atoms with Gasteiger partial charge in [0.15, 0.2) is 0 Å². The third-order valence-corrected chi connectivity index (χ3v) is 4.44. The van der Waals surface area contributed by atoms with E-state index in [0.717, 1.165) is 17.3 Å². The van der Waals surface area contributed by atoms with Crippen LogP contribution in [0.4, 0.5) is 0 Å². The van der Waals surface area contributed by atoms with E-state index >= 15 is 0 Å². The van der Waals surface area contributed by atoms with Crippen molar-refractivity contribution < 1.29 is 9.53 Å². The van der Waals surface area contributed by atoms with Crippen LogP contribution in [0.5, 0.6) is 0 Å². The van der Waals surface area contributed by atoms with Gasteiger partial charge in [-0.2, -0.15) is 0 Å². The minimum atomic E-state index is -0.104. The minimum Gasteiger partial charge on any atom is -0.376 e. The van der Waals surface area contributed by atoms with Gasteiger partial charge in [-0.3, -0.25) is 4.79 Å². The van der Waals surface area contributed by atoms with Crippen LogP contribution in [-0.2, 0) is 4.74 Å². The zero-order valence-corrected chi connectivity index (χ0v) is 13.0. The van der Waals surface area contributed by atoms with Crippen LogP contribution in [-0.4, -0.2) is 25.2 Å². The van der Waals surface area contributed by atoms with Crippen molar-refractivity contribution in [2.24, 2.45) is 0 Å². The molecule has 0 heterocycles.